The average molecular weight is 357 g/mol. The molecule has 4 aromatic rings. The molecule has 4 rings (SSSR count). The molecular weight excluding hydrogens is 338 g/mol. The van der Waals surface area contributed by atoms with E-state index in [1.54, 1.807) is 19.1 Å². The molecule has 0 aliphatic rings. The van der Waals surface area contributed by atoms with Crippen molar-refractivity contribution in [2.45, 2.75) is 19.9 Å². The van der Waals surface area contributed by atoms with Gasteiger partial charge in [-0.15, -0.1) is 0 Å². The van der Waals surface area contributed by atoms with Crippen molar-refractivity contribution >= 4 is 16.7 Å². The monoisotopic (exact) mass is 357 g/mol. The molecule has 5 heteroatoms. The van der Waals surface area contributed by atoms with Crippen LogP contribution in [0.15, 0.2) is 71.3 Å². The molecular formula is C22H19N3O2. The number of hydrogen-bond donors (Lipinski definition) is 1. The first-order valence-corrected chi connectivity index (χ1v) is 8.81. The molecule has 0 saturated heterocycles. The number of aryl methyl sites for hydroxylation is 1. The van der Waals surface area contributed by atoms with Crippen molar-refractivity contribution in [2.75, 3.05) is 0 Å². The molecule has 1 unspecified atom stereocenters. The Balaban J connectivity index is 1.53. The minimum Gasteiger partial charge on any atom is -0.345 e. The number of carbonyl (C=O) groups is 1. The van der Waals surface area contributed by atoms with E-state index >= 15 is 0 Å². The number of rotatable bonds is 4. The first-order valence-electron chi connectivity index (χ1n) is 8.81. The lowest BCUT2D eigenvalue weighted by Crippen LogP contribution is -2.26. The fraction of sp³-hybridized carbons (Fsp3) is 0.136. The number of aromatic nitrogens is 2. The van der Waals surface area contributed by atoms with E-state index in [4.69, 9.17) is 4.52 Å². The summed E-state index contributed by atoms with van der Waals surface area (Å²) < 4.78 is 5.15. The summed E-state index contributed by atoms with van der Waals surface area (Å²) in [5.41, 5.74) is 2.47. The topological polar surface area (TPSA) is 68.0 Å². The molecule has 27 heavy (non-hydrogen) atoms. The van der Waals surface area contributed by atoms with Gasteiger partial charge in [-0.2, -0.15) is 4.98 Å². The number of nitrogens with one attached hydrogen (secondary N) is 1. The molecule has 1 amide bonds. The zero-order chi connectivity index (χ0) is 18.8. The first-order chi connectivity index (χ1) is 13.1. The SMILES string of the molecule is Cc1noc(-c2ccc(C(=O)NC(C)c3cccc4ccccc34)cc2)n1. The van der Waals surface area contributed by atoms with E-state index < -0.39 is 0 Å². The van der Waals surface area contributed by atoms with Crippen LogP contribution >= 0.6 is 0 Å². The van der Waals surface area contributed by atoms with Gasteiger partial charge in [-0.3, -0.25) is 4.79 Å². The third-order valence-corrected chi connectivity index (χ3v) is 4.56. The number of carbonyl (C=O) groups excluding carboxylic acids is 1. The van der Waals surface area contributed by atoms with Gasteiger partial charge in [0.25, 0.3) is 11.8 Å². The Bertz CT molecular complexity index is 1090. The van der Waals surface area contributed by atoms with Gasteiger partial charge < -0.3 is 9.84 Å². The van der Waals surface area contributed by atoms with Crippen LogP contribution in [0.5, 0.6) is 0 Å². The van der Waals surface area contributed by atoms with Gasteiger partial charge in [0.2, 0.25) is 0 Å². The third kappa shape index (κ3) is 3.44. The van der Waals surface area contributed by atoms with Crippen LogP contribution in [0.3, 0.4) is 0 Å². The lowest BCUT2D eigenvalue weighted by molar-refractivity contribution is 0.0940. The van der Waals surface area contributed by atoms with E-state index in [9.17, 15) is 4.79 Å². The molecule has 1 aromatic heterocycles. The first kappa shape index (κ1) is 17.0. The summed E-state index contributed by atoms with van der Waals surface area (Å²) in [6.07, 6.45) is 0. The second kappa shape index (κ2) is 7.03. The molecule has 0 saturated carbocycles. The number of hydrogen-bond acceptors (Lipinski definition) is 4. The number of amides is 1. The normalized spacial score (nSPS) is 12.1. The van der Waals surface area contributed by atoms with Crippen molar-refractivity contribution in [3.63, 3.8) is 0 Å². The molecule has 1 atom stereocenters. The van der Waals surface area contributed by atoms with Crippen molar-refractivity contribution in [3.05, 3.63) is 83.7 Å². The van der Waals surface area contributed by atoms with Crippen molar-refractivity contribution in [2.24, 2.45) is 0 Å². The highest BCUT2D eigenvalue weighted by molar-refractivity contribution is 5.95. The van der Waals surface area contributed by atoms with Crippen LogP contribution in [-0.4, -0.2) is 16.0 Å². The van der Waals surface area contributed by atoms with E-state index in [1.807, 2.05) is 43.3 Å². The van der Waals surface area contributed by atoms with Gasteiger partial charge in [0.05, 0.1) is 6.04 Å². The second-order valence-corrected chi connectivity index (χ2v) is 6.49. The summed E-state index contributed by atoms with van der Waals surface area (Å²) in [6.45, 7) is 3.76. The Hall–Kier alpha value is -3.47. The Labute approximate surface area is 157 Å². The molecule has 0 aliphatic heterocycles. The van der Waals surface area contributed by atoms with Crippen molar-refractivity contribution in [1.82, 2.24) is 15.5 Å². The van der Waals surface area contributed by atoms with Gasteiger partial charge in [-0.25, -0.2) is 0 Å². The van der Waals surface area contributed by atoms with E-state index in [2.05, 4.69) is 33.7 Å². The smallest absolute Gasteiger partial charge is 0.257 e. The Morgan fingerprint density at radius 3 is 2.48 bits per heavy atom. The van der Waals surface area contributed by atoms with E-state index in [0.29, 0.717) is 17.3 Å². The lowest BCUT2D eigenvalue weighted by Gasteiger charge is -2.17. The zero-order valence-corrected chi connectivity index (χ0v) is 15.1. The number of benzene rings is 3. The summed E-state index contributed by atoms with van der Waals surface area (Å²) in [5.74, 6) is 0.906. The van der Waals surface area contributed by atoms with Crippen LogP contribution < -0.4 is 5.32 Å². The van der Waals surface area contributed by atoms with Gasteiger partial charge >= 0.3 is 0 Å². The van der Waals surface area contributed by atoms with Gasteiger partial charge in [0.1, 0.15) is 0 Å². The number of fused-ring (bicyclic) bond motifs is 1. The Morgan fingerprint density at radius 1 is 1.00 bits per heavy atom. The molecule has 0 fully saturated rings. The standard InChI is InChI=1S/C22H19N3O2/c1-14(19-9-5-7-16-6-3-4-8-20(16)19)23-21(26)17-10-12-18(13-11-17)22-24-15(2)25-27-22/h3-14H,1-2H3,(H,23,26). The zero-order valence-electron chi connectivity index (χ0n) is 15.1. The van der Waals surface area contributed by atoms with Gasteiger partial charge in [-0.1, -0.05) is 47.6 Å². The summed E-state index contributed by atoms with van der Waals surface area (Å²) in [6, 6.07) is 21.4. The minimum absolute atomic E-state index is 0.109. The summed E-state index contributed by atoms with van der Waals surface area (Å²) in [7, 11) is 0. The fourth-order valence-electron chi connectivity index (χ4n) is 3.16. The van der Waals surface area contributed by atoms with Crippen LogP contribution in [-0.2, 0) is 0 Å². The predicted molar refractivity (Wildman–Crippen MR) is 104 cm³/mol. The summed E-state index contributed by atoms with van der Waals surface area (Å²) in [4.78, 5) is 16.8. The van der Waals surface area contributed by atoms with E-state index in [0.717, 1.165) is 21.9 Å². The molecule has 1 N–H and O–H groups in total. The highest BCUT2D eigenvalue weighted by Crippen LogP contribution is 2.24. The molecule has 3 aromatic carbocycles. The summed E-state index contributed by atoms with van der Waals surface area (Å²) >= 11 is 0. The molecule has 1 heterocycles. The predicted octanol–water partition coefficient (Wildman–Crippen LogP) is 4.69. The highest BCUT2D eigenvalue weighted by atomic mass is 16.5. The van der Waals surface area contributed by atoms with Gasteiger partial charge in [0, 0.05) is 11.1 Å². The van der Waals surface area contributed by atoms with Crippen LogP contribution in [0.25, 0.3) is 22.2 Å². The second-order valence-electron chi connectivity index (χ2n) is 6.49. The summed E-state index contributed by atoms with van der Waals surface area (Å²) in [5, 5.41) is 9.17. The van der Waals surface area contributed by atoms with E-state index in [-0.39, 0.29) is 11.9 Å². The largest absolute Gasteiger partial charge is 0.345 e. The number of nitrogens with zero attached hydrogens (tertiary/aromatic N) is 2. The molecule has 0 bridgehead atoms. The van der Waals surface area contributed by atoms with Gasteiger partial charge in [0.15, 0.2) is 5.82 Å². The van der Waals surface area contributed by atoms with E-state index in [1.165, 1.54) is 0 Å². The van der Waals surface area contributed by atoms with Crippen LogP contribution in [0.2, 0.25) is 0 Å². The Kier molecular flexibility index (Phi) is 4.42. The maximum Gasteiger partial charge on any atom is 0.257 e. The maximum absolute atomic E-state index is 12.7. The maximum atomic E-state index is 12.7. The van der Waals surface area contributed by atoms with Crippen molar-refractivity contribution < 1.29 is 9.32 Å². The van der Waals surface area contributed by atoms with Crippen LogP contribution in [0, 0.1) is 6.92 Å². The van der Waals surface area contributed by atoms with Crippen LogP contribution in [0.1, 0.15) is 34.7 Å². The van der Waals surface area contributed by atoms with Crippen LogP contribution in [0.4, 0.5) is 0 Å². The molecule has 0 radical (unpaired) electrons. The Morgan fingerprint density at radius 2 is 1.74 bits per heavy atom. The molecule has 5 nitrogen and oxygen atoms in total. The van der Waals surface area contributed by atoms with Gasteiger partial charge in [-0.05, 0) is 54.4 Å². The fourth-order valence-corrected chi connectivity index (χ4v) is 3.16. The van der Waals surface area contributed by atoms with Crippen molar-refractivity contribution in [1.29, 1.82) is 0 Å². The lowest BCUT2D eigenvalue weighted by atomic mass is 9.99. The average Bonchev–Trinajstić information content (AvgIpc) is 3.14. The minimum atomic E-state index is -0.122. The molecule has 0 spiro atoms. The highest BCUT2D eigenvalue weighted by Gasteiger charge is 2.14. The third-order valence-electron chi connectivity index (χ3n) is 4.56. The molecule has 0 aliphatic carbocycles. The quantitative estimate of drug-likeness (QED) is 0.575. The van der Waals surface area contributed by atoms with Crippen molar-refractivity contribution in [3.8, 4) is 11.5 Å². The molecule has 134 valence electrons.